The van der Waals surface area contributed by atoms with Crippen LogP contribution >= 0.6 is 11.6 Å². The lowest BCUT2D eigenvalue weighted by Crippen LogP contribution is -2.32. The van der Waals surface area contributed by atoms with E-state index in [-0.39, 0.29) is 11.1 Å². The van der Waals surface area contributed by atoms with Crippen molar-refractivity contribution in [3.05, 3.63) is 0 Å². The zero-order valence-electron chi connectivity index (χ0n) is 4.17. The van der Waals surface area contributed by atoms with E-state index in [0.29, 0.717) is 13.2 Å². The second kappa shape index (κ2) is 2.33. The van der Waals surface area contributed by atoms with Crippen LogP contribution in [-0.4, -0.2) is 23.6 Å². The van der Waals surface area contributed by atoms with Gasteiger partial charge in [0.15, 0.2) is 5.17 Å². The Morgan fingerprint density at radius 1 is 1.75 bits per heavy atom. The SMILES string of the molecule is O/N=C(\Cl)C1COC1. The van der Waals surface area contributed by atoms with Crippen molar-refractivity contribution < 1.29 is 9.94 Å². The van der Waals surface area contributed by atoms with Crippen LogP contribution in [0.2, 0.25) is 0 Å². The quantitative estimate of drug-likeness (QED) is 0.326. The van der Waals surface area contributed by atoms with E-state index in [1.165, 1.54) is 0 Å². The Bertz CT molecular complexity index is 111. The van der Waals surface area contributed by atoms with E-state index in [2.05, 4.69) is 5.16 Å². The van der Waals surface area contributed by atoms with Crippen LogP contribution in [0.15, 0.2) is 5.16 Å². The largest absolute Gasteiger partial charge is 0.410 e. The van der Waals surface area contributed by atoms with Crippen LogP contribution in [0.4, 0.5) is 0 Å². The molecule has 1 aliphatic heterocycles. The van der Waals surface area contributed by atoms with Crippen LogP contribution in [0.3, 0.4) is 0 Å². The van der Waals surface area contributed by atoms with Crippen molar-refractivity contribution in [2.24, 2.45) is 11.1 Å². The number of hydrogen-bond donors (Lipinski definition) is 1. The van der Waals surface area contributed by atoms with E-state index < -0.39 is 0 Å². The second-order valence-electron chi connectivity index (χ2n) is 1.66. The van der Waals surface area contributed by atoms with Gasteiger partial charge in [0.1, 0.15) is 0 Å². The van der Waals surface area contributed by atoms with E-state index in [1.54, 1.807) is 0 Å². The van der Waals surface area contributed by atoms with Gasteiger partial charge in [-0.05, 0) is 0 Å². The summed E-state index contributed by atoms with van der Waals surface area (Å²) in [7, 11) is 0. The molecule has 0 bridgehead atoms. The lowest BCUT2D eigenvalue weighted by atomic mass is 10.1. The fraction of sp³-hybridized carbons (Fsp3) is 0.750. The number of ether oxygens (including phenoxy) is 1. The van der Waals surface area contributed by atoms with Gasteiger partial charge in [-0.2, -0.15) is 0 Å². The average molecular weight is 136 g/mol. The number of nitrogens with zero attached hydrogens (tertiary/aromatic N) is 1. The van der Waals surface area contributed by atoms with Crippen molar-refractivity contribution in [1.29, 1.82) is 0 Å². The van der Waals surface area contributed by atoms with Crippen LogP contribution in [0.1, 0.15) is 0 Å². The zero-order chi connectivity index (χ0) is 5.98. The molecule has 46 valence electrons. The molecular formula is C4H6ClNO2. The Labute approximate surface area is 51.9 Å². The van der Waals surface area contributed by atoms with E-state index in [0.717, 1.165) is 0 Å². The molecule has 8 heavy (non-hydrogen) atoms. The molecule has 3 nitrogen and oxygen atoms in total. The number of rotatable bonds is 1. The summed E-state index contributed by atoms with van der Waals surface area (Å²) in [6.07, 6.45) is 0. The van der Waals surface area contributed by atoms with Crippen molar-refractivity contribution in [3.63, 3.8) is 0 Å². The van der Waals surface area contributed by atoms with E-state index >= 15 is 0 Å². The van der Waals surface area contributed by atoms with Crippen LogP contribution in [0, 0.1) is 5.92 Å². The Balaban J connectivity index is 2.34. The number of oxime groups is 1. The van der Waals surface area contributed by atoms with E-state index in [4.69, 9.17) is 21.5 Å². The molecule has 1 N–H and O–H groups in total. The summed E-state index contributed by atoms with van der Waals surface area (Å²) in [5.41, 5.74) is 0. The molecule has 0 aromatic rings. The van der Waals surface area contributed by atoms with Gasteiger partial charge in [-0.3, -0.25) is 0 Å². The molecule has 1 aliphatic rings. The molecule has 1 saturated heterocycles. The summed E-state index contributed by atoms with van der Waals surface area (Å²) in [5, 5.41) is 11.1. The normalized spacial score (nSPS) is 22.9. The first-order chi connectivity index (χ1) is 3.84. The van der Waals surface area contributed by atoms with E-state index in [1.807, 2.05) is 0 Å². The zero-order valence-corrected chi connectivity index (χ0v) is 4.93. The molecule has 0 unspecified atom stereocenters. The van der Waals surface area contributed by atoms with Gasteiger partial charge in [0.2, 0.25) is 0 Å². The maximum absolute atomic E-state index is 8.07. The van der Waals surface area contributed by atoms with Crippen LogP contribution in [0.25, 0.3) is 0 Å². The van der Waals surface area contributed by atoms with Crippen LogP contribution in [-0.2, 0) is 4.74 Å². The highest BCUT2D eigenvalue weighted by Crippen LogP contribution is 2.13. The monoisotopic (exact) mass is 135 g/mol. The molecule has 0 saturated carbocycles. The van der Waals surface area contributed by atoms with Gasteiger partial charge in [-0.15, -0.1) is 0 Å². The van der Waals surface area contributed by atoms with Gasteiger partial charge in [-0.1, -0.05) is 16.8 Å². The Hall–Kier alpha value is -0.280. The summed E-state index contributed by atoms with van der Waals surface area (Å²) < 4.78 is 4.78. The minimum Gasteiger partial charge on any atom is -0.410 e. The molecular weight excluding hydrogens is 130 g/mol. The van der Waals surface area contributed by atoms with Crippen molar-refractivity contribution in [2.75, 3.05) is 13.2 Å². The summed E-state index contributed by atoms with van der Waals surface area (Å²) >= 11 is 5.39. The molecule has 0 spiro atoms. The van der Waals surface area contributed by atoms with Gasteiger partial charge in [-0.25, -0.2) is 0 Å². The molecule has 0 aliphatic carbocycles. The fourth-order valence-electron chi connectivity index (χ4n) is 0.455. The third kappa shape index (κ3) is 0.928. The molecule has 0 aromatic heterocycles. The van der Waals surface area contributed by atoms with Gasteiger partial charge < -0.3 is 9.94 Å². The molecule has 4 heteroatoms. The lowest BCUT2D eigenvalue weighted by Gasteiger charge is -2.23. The molecule has 0 aromatic carbocycles. The molecule has 0 radical (unpaired) electrons. The molecule has 0 amide bonds. The molecule has 0 atom stereocenters. The number of halogens is 1. The second-order valence-corrected chi connectivity index (χ2v) is 2.04. The summed E-state index contributed by atoms with van der Waals surface area (Å²) in [6, 6.07) is 0. The van der Waals surface area contributed by atoms with E-state index in [9.17, 15) is 0 Å². The summed E-state index contributed by atoms with van der Waals surface area (Å²) in [4.78, 5) is 0. The first kappa shape index (κ1) is 5.85. The third-order valence-electron chi connectivity index (χ3n) is 1.07. The summed E-state index contributed by atoms with van der Waals surface area (Å²) in [5.74, 6) is 0.140. The standard InChI is InChI=1S/C4H6ClNO2/c5-4(6-7)3-1-8-2-3/h3,7H,1-2H2/b6-4-. The topological polar surface area (TPSA) is 41.8 Å². The smallest absolute Gasteiger partial charge is 0.153 e. The Kier molecular flexibility index (Phi) is 1.70. The van der Waals surface area contributed by atoms with Crippen molar-refractivity contribution in [3.8, 4) is 0 Å². The maximum atomic E-state index is 8.07. The highest BCUT2D eigenvalue weighted by Gasteiger charge is 2.23. The number of hydrogen-bond acceptors (Lipinski definition) is 3. The molecule has 1 fully saturated rings. The van der Waals surface area contributed by atoms with Crippen molar-refractivity contribution in [1.82, 2.24) is 0 Å². The minimum atomic E-state index is 0.140. The Morgan fingerprint density at radius 3 is 2.50 bits per heavy atom. The highest BCUT2D eigenvalue weighted by molar-refractivity contribution is 6.65. The molecule has 1 heterocycles. The predicted octanol–water partition coefficient (Wildman–Crippen LogP) is 0.659. The minimum absolute atomic E-state index is 0.140. The summed E-state index contributed by atoms with van der Waals surface area (Å²) in [6.45, 7) is 1.17. The van der Waals surface area contributed by atoms with Gasteiger partial charge in [0.25, 0.3) is 0 Å². The Morgan fingerprint density at radius 2 is 2.38 bits per heavy atom. The average Bonchev–Trinajstić information content (AvgIpc) is 1.62. The van der Waals surface area contributed by atoms with Crippen LogP contribution in [0.5, 0.6) is 0 Å². The van der Waals surface area contributed by atoms with Crippen molar-refractivity contribution >= 4 is 16.8 Å². The van der Waals surface area contributed by atoms with Gasteiger partial charge >= 0.3 is 0 Å². The molecule has 1 rings (SSSR count). The van der Waals surface area contributed by atoms with Crippen molar-refractivity contribution in [2.45, 2.75) is 0 Å². The third-order valence-corrected chi connectivity index (χ3v) is 1.45. The predicted molar refractivity (Wildman–Crippen MR) is 29.4 cm³/mol. The van der Waals surface area contributed by atoms with Crippen LogP contribution < -0.4 is 0 Å². The lowest BCUT2D eigenvalue weighted by molar-refractivity contribution is 0.00197. The highest BCUT2D eigenvalue weighted by atomic mass is 35.5. The van der Waals surface area contributed by atoms with Gasteiger partial charge in [0, 0.05) is 0 Å². The maximum Gasteiger partial charge on any atom is 0.153 e. The first-order valence-electron chi connectivity index (χ1n) is 2.30. The first-order valence-corrected chi connectivity index (χ1v) is 2.67. The fourth-order valence-corrected chi connectivity index (χ4v) is 0.581. The van der Waals surface area contributed by atoms with Gasteiger partial charge in [0.05, 0.1) is 19.1 Å².